The summed E-state index contributed by atoms with van der Waals surface area (Å²) in [4.78, 5) is 23.3. The number of aliphatic imine (C=N–C) groups is 1. The van der Waals surface area contributed by atoms with E-state index in [-0.39, 0.29) is 5.91 Å². The van der Waals surface area contributed by atoms with Crippen molar-refractivity contribution in [1.82, 2.24) is 4.98 Å². The monoisotopic (exact) mass is 398 g/mol. The number of nitriles is 2. The predicted octanol–water partition coefficient (Wildman–Crippen LogP) is 3.90. The van der Waals surface area contributed by atoms with Gasteiger partial charge in [-0.3, -0.25) is 9.79 Å². The van der Waals surface area contributed by atoms with Crippen LogP contribution in [-0.4, -0.2) is 30.7 Å². The molecule has 1 aromatic carbocycles. The second-order valence-corrected chi connectivity index (χ2v) is 7.32. The van der Waals surface area contributed by atoms with Crippen LogP contribution in [0.1, 0.15) is 35.7 Å². The van der Waals surface area contributed by atoms with Crippen LogP contribution in [0.15, 0.2) is 58.9 Å². The van der Waals surface area contributed by atoms with Crippen molar-refractivity contribution in [2.24, 2.45) is 10.9 Å². The largest absolute Gasteiger partial charge is 0.376 e. The molecule has 1 aliphatic heterocycles. The van der Waals surface area contributed by atoms with Crippen molar-refractivity contribution in [3.05, 3.63) is 65.0 Å². The van der Waals surface area contributed by atoms with Gasteiger partial charge in [-0.15, -0.1) is 0 Å². The van der Waals surface area contributed by atoms with Gasteiger partial charge in [0.1, 0.15) is 5.82 Å². The summed E-state index contributed by atoms with van der Waals surface area (Å²) in [5.41, 5.74) is 3.81. The first-order valence-electron chi connectivity index (χ1n) is 9.46. The van der Waals surface area contributed by atoms with Crippen LogP contribution in [0.4, 0.5) is 11.5 Å². The van der Waals surface area contributed by atoms with Crippen LogP contribution < -0.4 is 10.2 Å². The van der Waals surface area contributed by atoms with E-state index in [1.807, 2.05) is 31.1 Å². The Bertz CT molecular complexity index is 1120. The lowest BCUT2D eigenvalue weighted by Crippen LogP contribution is -2.25. The number of hydrogen-bond donors (Lipinski definition) is 1. The Balaban J connectivity index is 1.90. The van der Waals surface area contributed by atoms with Crippen molar-refractivity contribution in [1.29, 1.82) is 10.5 Å². The molecule has 0 bridgehead atoms. The lowest BCUT2D eigenvalue weighted by atomic mass is 9.76. The molecule has 1 aromatic heterocycles. The lowest BCUT2D eigenvalue weighted by Gasteiger charge is -2.27. The van der Waals surface area contributed by atoms with E-state index >= 15 is 0 Å². The number of amides is 1. The maximum Gasteiger partial charge on any atom is 0.256 e. The van der Waals surface area contributed by atoms with Gasteiger partial charge >= 0.3 is 0 Å². The fourth-order valence-corrected chi connectivity index (χ4v) is 3.49. The third kappa shape index (κ3) is 4.06. The lowest BCUT2D eigenvalue weighted by molar-refractivity contribution is 0.102. The fraction of sp³-hybridized carbons (Fsp3) is 0.261. The molecule has 7 nitrogen and oxygen atoms in total. The summed E-state index contributed by atoms with van der Waals surface area (Å²) < 4.78 is 0. The van der Waals surface area contributed by atoms with Crippen molar-refractivity contribution in [3.8, 4) is 12.1 Å². The summed E-state index contributed by atoms with van der Waals surface area (Å²) in [6, 6.07) is 15.1. The Labute approximate surface area is 176 Å². The van der Waals surface area contributed by atoms with E-state index in [9.17, 15) is 15.3 Å². The zero-order valence-corrected chi connectivity index (χ0v) is 17.3. The Morgan fingerprint density at radius 1 is 1.17 bits per heavy atom. The number of pyridine rings is 1. The van der Waals surface area contributed by atoms with Gasteiger partial charge in [0.05, 0.1) is 41.2 Å². The number of rotatable bonds is 4. The molecule has 2 heterocycles. The highest BCUT2D eigenvalue weighted by Crippen LogP contribution is 2.38. The molecule has 0 aliphatic carbocycles. The molecular formula is C23H22N6O. The number of carbonyl (C=O) groups is 1. The van der Waals surface area contributed by atoms with Crippen LogP contribution in [0.5, 0.6) is 0 Å². The van der Waals surface area contributed by atoms with Gasteiger partial charge in [-0.05, 0) is 43.7 Å². The van der Waals surface area contributed by atoms with Crippen LogP contribution in [0.2, 0.25) is 0 Å². The number of allylic oxidation sites excluding steroid dienone is 2. The molecular weight excluding hydrogens is 376 g/mol. The molecule has 1 N–H and O–H groups in total. The van der Waals surface area contributed by atoms with Gasteiger partial charge in [-0.25, -0.2) is 4.98 Å². The molecule has 2 aromatic rings. The second-order valence-electron chi connectivity index (χ2n) is 7.32. The molecule has 1 amide bonds. The van der Waals surface area contributed by atoms with Crippen LogP contribution in [0, 0.1) is 28.6 Å². The van der Waals surface area contributed by atoms with Crippen LogP contribution >= 0.6 is 0 Å². The van der Waals surface area contributed by atoms with E-state index in [1.54, 1.807) is 44.3 Å². The summed E-state index contributed by atoms with van der Waals surface area (Å²) in [6.07, 6.45) is 1.68. The topological polar surface area (TPSA) is 105 Å². The van der Waals surface area contributed by atoms with Crippen LogP contribution in [0.25, 0.3) is 0 Å². The van der Waals surface area contributed by atoms with Crippen molar-refractivity contribution >= 4 is 23.1 Å². The fourth-order valence-electron chi connectivity index (χ4n) is 3.49. The summed E-state index contributed by atoms with van der Waals surface area (Å²) in [6.45, 7) is 3.56. The van der Waals surface area contributed by atoms with E-state index < -0.39 is 11.8 Å². The highest BCUT2D eigenvalue weighted by molar-refractivity contribution is 6.04. The third-order valence-corrected chi connectivity index (χ3v) is 5.10. The van der Waals surface area contributed by atoms with E-state index in [2.05, 4.69) is 27.4 Å². The number of anilines is 2. The van der Waals surface area contributed by atoms with Gasteiger partial charge in [-0.2, -0.15) is 10.5 Å². The average Bonchev–Trinajstić information content (AvgIpc) is 2.73. The Kier molecular flexibility index (Phi) is 5.94. The van der Waals surface area contributed by atoms with Gasteiger partial charge < -0.3 is 10.2 Å². The SMILES string of the molecule is CC1=NC(C)=C(C#N)C(c2cccc(C(=O)Nc3ccc(N(C)C)cn3)c2)C1C#N. The Morgan fingerprint density at radius 2 is 1.93 bits per heavy atom. The minimum Gasteiger partial charge on any atom is -0.376 e. The molecule has 7 heteroatoms. The summed E-state index contributed by atoms with van der Waals surface area (Å²) in [7, 11) is 3.83. The van der Waals surface area contributed by atoms with Gasteiger partial charge in [0.25, 0.3) is 5.91 Å². The number of aromatic nitrogens is 1. The number of nitrogens with one attached hydrogen (secondary N) is 1. The van der Waals surface area contributed by atoms with E-state index in [0.29, 0.717) is 28.4 Å². The quantitative estimate of drug-likeness (QED) is 0.841. The normalized spacial score (nSPS) is 18.1. The zero-order chi connectivity index (χ0) is 21.8. The molecule has 150 valence electrons. The van der Waals surface area contributed by atoms with Crippen molar-refractivity contribution in [3.63, 3.8) is 0 Å². The highest BCUT2D eigenvalue weighted by Gasteiger charge is 2.34. The molecule has 0 spiro atoms. The number of nitrogens with zero attached hydrogens (tertiary/aromatic N) is 5. The molecule has 2 atom stereocenters. The minimum absolute atomic E-state index is 0.309. The van der Waals surface area contributed by atoms with Crippen molar-refractivity contribution in [2.75, 3.05) is 24.3 Å². The van der Waals surface area contributed by atoms with Gasteiger partial charge in [-0.1, -0.05) is 12.1 Å². The Morgan fingerprint density at radius 3 is 2.53 bits per heavy atom. The van der Waals surface area contributed by atoms with Crippen LogP contribution in [-0.2, 0) is 0 Å². The summed E-state index contributed by atoms with van der Waals surface area (Å²) in [5.74, 6) is -0.875. The molecule has 0 saturated carbocycles. The maximum absolute atomic E-state index is 12.8. The standard InChI is InChI=1S/C23H22N6O/c1-14-19(11-24)22(20(12-25)15(2)27-14)16-6-5-7-17(10-16)23(30)28-21-9-8-18(13-26-21)29(3)4/h5-10,13,19,22H,1-4H3,(H,26,28,30). The number of carbonyl (C=O) groups excluding carboxylic acids is 1. The first-order valence-corrected chi connectivity index (χ1v) is 9.46. The molecule has 30 heavy (non-hydrogen) atoms. The molecule has 0 radical (unpaired) electrons. The van der Waals surface area contributed by atoms with E-state index in [4.69, 9.17) is 0 Å². The Hall–Kier alpha value is -3.97. The minimum atomic E-state index is -0.554. The molecule has 2 unspecified atom stereocenters. The first-order chi connectivity index (χ1) is 14.3. The third-order valence-electron chi connectivity index (χ3n) is 5.10. The maximum atomic E-state index is 12.8. The summed E-state index contributed by atoms with van der Waals surface area (Å²) >= 11 is 0. The van der Waals surface area contributed by atoms with Gasteiger partial charge in [0.15, 0.2) is 0 Å². The van der Waals surface area contributed by atoms with Gasteiger partial charge in [0, 0.05) is 31.3 Å². The molecule has 1 aliphatic rings. The van der Waals surface area contributed by atoms with Crippen molar-refractivity contribution < 1.29 is 4.79 Å². The first kappa shape index (κ1) is 20.8. The van der Waals surface area contributed by atoms with E-state index in [0.717, 1.165) is 11.3 Å². The predicted molar refractivity (Wildman–Crippen MR) is 116 cm³/mol. The summed E-state index contributed by atoms with van der Waals surface area (Å²) in [5, 5.41) is 22.1. The highest BCUT2D eigenvalue weighted by atomic mass is 16.1. The molecule has 3 rings (SSSR count). The smallest absolute Gasteiger partial charge is 0.256 e. The van der Waals surface area contributed by atoms with Crippen LogP contribution in [0.3, 0.4) is 0 Å². The van der Waals surface area contributed by atoms with E-state index in [1.165, 1.54) is 0 Å². The molecule has 0 fully saturated rings. The average molecular weight is 398 g/mol. The number of hydrogen-bond acceptors (Lipinski definition) is 6. The number of benzene rings is 1. The van der Waals surface area contributed by atoms with Crippen molar-refractivity contribution in [2.45, 2.75) is 19.8 Å². The second kappa shape index (κ2) is 8.59. The van der Waals surface area contributed by atoms with Gasteiger partial charge in [0.2, 0.25) is 0 Å². The zero-order valence-electron chi connectivity index (χ0n) is 17.3. The molecule has 0 saturated heterocycles.